The standard InChI is InChI=1S/C42H68O4SSi/c1-28(26-31-27-29(2)16-20-36(31)47(43,44)45)14-13-15-30(3)33-18-19-34-32-17-21-37-40(7,8)38(46-48(11,12)39(4,5)6)23-25-42(37,10)35(32)22-24-41(33,34)9/h16-17,20-21,27-28,30,33-35,38H,13-15,18-19,22-26H2,1-12H3,(H,43,44,45)/t28-,30-,33-,34+,35+,38?,41-,42-/m1/s1. The van der Waals surface area contributed by atoms with Gasteiger partial charge in [-0.3, -0.25) is 4.55 Å². The highest BCUT2D eigenvalue weighted by Gasteiger charge is 2.60. The first-order chi connectivity index (χ1) is 22.0. The zero-order valence-corrected chi connectivity index (χ0v) is 34.3. The highest BCUT2D eigenvalue weighted by Crippen LogP contribution is 2.68. The minimum Gasteiger partial charge on any atom is -0.413 e. The summed E-state index contributed by atoms with van der Waals surface area (Å²) < 4.78 is 40.9. The number of fused-ring (bicyclic) bond motifs is 5. The Morgan fingerprint density at radius 2 is 1.65 bits per heavy atom. The van der Waals surface area contributed by atoms with E-state index in [2.05, 4.69) is 87.6 Å². The molecular weight excluding hydrogens is 629 g/mol. The first-order valence-electron chi connectivity index (χ1n) is 19.2. The molecule has 0 spiro atoms. The number of allylic oxidation sites excluding steroid dienone is 3. The predicted octanol–water partition coefficient (Wildman–Crippen LogP) is 11.8. The molecule has 48 heavy (non-hydrogen) atoms. The largest absolute Gasteiger partial charge is 0.413 e. The van der Waals surface area contributed by atoms with Crippen molar-refractivity contribution in [3.63, 3.8) is 0 Å². The maximum atomic E-state index is 12.0. The van der Waals surface area contributed by atoms with Gasteiger partial charge in [-0.2, -0.15) is 8.42 Å². The smallest absolute Gasteiger partial charge is 0.294 e. The minimum absolute atomic E-state index is 0.0441. The van der Waals surface area contributed by atoms with E-state index in [-0.39, 0.29) is 20.8 Å². The summed E-state index contributed by atoms with van der Waals surface area (Å²) in [6, 6.07) is 5.24. The van der Waals surface area contributed by atoms with Gasteiger partial charge >= 0.3 is 0 Å². The van der Waals surface area contributed by atoms with Gasteiger partial charge in [0.15, 0.2) is 8.32 Å². The number of hydrogen-bond acceptors (Lipinski definition) is 3. The maximum absolute atomic E-state index is 12.0. The molecule has 0 aliphatic heterocycles. The third-order valence-corrected chi connectivity index (χ3v) is 20.2. The molecule has 4 aliphatic carbocycles. The van der Waals surface area contributed by atoms with Crippen molar-refractivity contribution in [2.24, 2.45) is 45.8 Å². The summed E-state index contributed by atoms with van der Waals surface area (Å²) in [4.78, 5) is 0.0674. The quantitative estimate of drug-likeness (QED) is 0.195. The molecule has 0 bridgehead atoms. The van der Waals surface area contributed by atoms with Crippen molar-refractivity contribution in [3.8, 4) is 0 Å². The van der Waals surface area contributed by atoms with Gasteiger partial charge in [-0.05, 0) is 122 Å². The van der Waals surface area contributed by atoms with E-state index >= 15 is 0 Å². The second-order valence-corrected chi connectivity index (χ2v) is 25.6. The Hall–Kier alpha value is -1.21. The zero-order chi connectivity index (χ0) is 35.7. The molecule has 0 aromatic heterocycles. The van der Waals surface area contributed by atoms with Gasteiger partial charge in [-0.15, -0.1) is 0 Å². The Morgan fingerprint density at radius 1 is 0.958 bits per heavy atom. The number of aryl methyl sites for hydroxylation is 1. The summed E-state index contributed by atoms with van der Waals surface area (Å²) in [6.07, 6.45) is 17.3. The third kappa shape index (κ3) is 6.87. The molecule has 1 N–H and O–H groups in total. The molecular formula is C42H68O4SSi. The van der Waals surface area contributed by atoms with Crippen molar-refractivity contribution < 1.29 is 17.4 Å². The van der Waals surface area contributed by atoms with Crippen LogP contribution in [-0.4, -0.2) is 27.4 Å². The van der Waals surface area contributed by atoms with Crippen molar-refractivity contribution in [2.45, 2.75) is 163 Å². The van der Waals surface area contributed by atoms with Crippen molar-refractivity contribution in [3.05, 3.63) is 52.6 Å². The van der Waals surface area contributed by atoms with E-state index in [1.54, 1.807) is 23.3 Å². The van der Waals surface area contributed by atoms with Gasteiger partial charge in [0.05, 0.1) is 11.0 Å². The van der Waals surface area contributed by atoms with Crippen LogP contribution in [0.1, 0.15) is 131 Å². The number of hydrogen-bond donors (Lipinski definition) is 1. The Morgan fingerprint density at radius 3 is 2.29 bits per heavy atom. The van der Waals surface area contributed by atoms with E-state index in [0.717, 1.165) is 36.3 Å². The fourth-order valence-corrected chi connectivity index (χ4v) is 13.2. The van der Waals surface area contributed by atoms with Gasteiger partial charge in [0.25, 0.3) is 10.1 Å². The summed E-state index contributed by atoms with van der Waals surface area (Å²) in [5, 5.41) is 0.219. The van der Waals surface area contributed by atoms with Crippen molar-refractivity contribution in [2.75, 3.05) is 0 Å². The van der Waals surface area contributed by atoms with Crippen LogP contribution >= 0.6 is 0 Å². The van der Waals surface area contributed by atoms with Crippen LogP contribution in [0, 0.1) is 52.8 Å². The second kappa shape index (κ2) is 13.1. The monoisotopic (exact) mass is 696 g/mol. The fourth-order valence-electron chi connectivity index (χ4n) is 11.0. The van der Waals surface area contributed by atoms with Crippen LogP contribution in [0.4, 0.5) is 0 Å². The third-order valence-electron chi connectivity index (χ3n) is 14.8. The van der Waals surface area contributed by atoms with Crippen molar-refractivity contribution in [1.29, 1.82) is 0 Å². The van der Waals surface area contributed by atoms with E-state index in [1.165, 1.54) is 38.5 Å². The predicted molar refractivity (Wildman–Crippen MR) is 203 cm³/mol. The molecule has 0 saturated heterocycles. The Kier molecular flexibility index (Phi) is 10.4. The minimum atomic E-state index is -4.21. The van der Waals surface area contributed by atoms with Crippen LogP contribution in [0.5, 0.6) is 0 Å². The highest BCUT2D eigenvalue weighted by molar-refractivity contribution is 7.85. The van der Waals surface area contributed by atoms with Crippen LogP contribution in [0.2, 0.25) is 18.1 Å². The summed E-state index contributed by atoms with van der Waals surface area (Å²) >= 11 is 0. The first kappa shape index (κ1) is 38.0. The summed E-state index contributed by atoms with van der Waals surface area (Å²) in [7, 11) is -6.07. The zero-order valence-electron chi connectivity index (χ0n) is 32.5. The molecule has 270 valence electrons. The van der Waals surface area contributed by atoms with Gasteiger partial charge in [-0.25, -0.2) is 0 Å². The van der Waals surface area contributed by atoms with Crippen LogP contribution in [-0.2, 0) is 21.0 Å². The SMILES string of the molecule is Cc1ccc(S(=O)(=O)O)c(C[C@H](C)CCC[C@@H](C)[C@H]2CC[C@H]3C4=CC=C5C(C)(C)C(O[Si](C)(C)C(C)(C)C)CC[C@]5(C)[C@H]4CC[C@]23C)c1. The molecule has 4 nitrogen and oxygen atoms in total. The van der Waals surface area contributed by atoms with E-state index in [4.69, 9.17) is 4.43 Å². The highest BCUT2D eigenvalue weighted by atomic mass is 32.2. The molecule has 0 radical (unpaired) electrons. The number of benzene rings is 1. The average Bonchev–Trinajstić information content (AvgIpc) is 3.30. The van der Waals surface area contributed by atoms with E-state index in [9.17, 15) is 13.0 Å². The van der Waals surface area contributed by atoms with Gasteiger partial charge in [0.2, 0.25) is 0 Å². The van der Waals surface area contributed by atoms with Gasteiger partial charge in [-0.1, -0.05) is 123 Å². The Bertz CT molecular complexity index is 1530. The van der Waals surface area contributed by atoms with Crippen LogP contribution in [0.3, 0.4) is 0 Å². The van der Waals surface area contributed by atoms with Crippen LogP contribution < -0.4 is 0 Å². The molecule has 3 fully saturated rings. The molecule has 1 unspecified atom stereocenters. The van der Waals surface area contributed by atoms with E-state index < -0.39 is 18.4 Å². The van der Waals surface area contributed by atoms with Gasteiger partial charge in [0.1, 0.15) is 0 Å². The van der Waals surface area contributed by atoms with Gasteiger partial charge < -0.3 is 4.43 Å². The lowest BCUT2D eigenvalue weighted by atomic mass is 9.46. The Labute approximate surface area is 295 Å². The Balaban J connectivity index is 1.25. The van der Waals surface area contributed by atoms with Crippen LogP contribution in [0.15, 0.2) is 46.4 Å². The molecule has 1 aromatic carbocycles. The summed E-state index contributed by atoms with van der Waals surface area (Å²) in [6.45, 7) is 28.8. The van der Waals surface area contributed by atoms with Crippen LogP contribution in [0.25, 0.3) is 0 Å². The molecule has 3 saturated carbocycles. The first-order valence-corrected chi connectivity index (χ1v) is 23.5. The molecule has 0 amide bonds. The lowest BCUT2D eigenvalue weighted by molar-refractivity contribution is -0.0113. The lowest BCUT2D eigenvalue weighted by Gasteiger charge is -2.60. The van der Waals surface area contributed by atoms with Crippen molar-refractivity contribution in [1.82, 2.24) is 0 Å². The molecule has 5 rings (SSSR count). The molecule has 0 heterocycles. The second-order valence-electron chi connectivity index (χ2n) is 19.4. The van der Waals surface area contributed by atoms with Gasteiger partial charge in [0, 0.05) is 5.41 Å². The molecule has 4 aliphatic rings. The lowest BCUT2D eigenvalue weighted by Crippen LogP contribution is -2.55. The summed E-state index contributed by atoms with van der Waals surface area (Å²) in [5.41, 5.74) is 5.83. The van der Waals surface area contributed by atoms with Crippen molar-refractivity contribution >= 4 is 18.4 Å². The molecule has 8 atom stereocenters. The summed E-state index contributed by atoms with van der Waals surface area (Å²) in [5.74, 6) is 3.16. The maximum Gasteiger partial charge on any atom is 0.294 e. The average molecular weight is 697 g/mol. The van der Waals surface area contributed by atoms with E-state index in [0.29, 0.717) is 41.6 Å². The fraction of sp³-hybridized carbons (Fsp3) is 0.762. The molecule has 6 heteroatoms. The van der Waals surface area contributed by atoms with E-state index in [1.807, 2.05) is 13.0 Å². The molecule has 1 aromatic rings. The normalized spacial score (nSPS) is 33.2. The topological polar surface area (TPSA) is 63.6 Å². The number of rotatable bonds is 10.